The molecule has 11 heteroatoms. The number of allylic oxidation sites excluding steroid dienone is 2. The highest BCUT2D eigenvalue weighted by Crippen LogP contribution is 2.45. The van der Waals surface area contributed by atoms with Crippen molar-refractivity contribution in [3.8, 4) is 51.4 Å². The molecule has 290 valence electrons. The Morgan fingerprint density at radius 3 is 1.89 bits per heavy atom. The molecule has 2 aliphatic rings. The SMILES string of the molecule is C1=CC2Oc3ccc(Cc4ccc5oc6ccc(-c7ccccn7)cc6c5c4)cc3C2C=C1c1cc(-c2nncn2-c2ccccn2)cc(-c2nncn2-c2ccccn2)c1. The summed E-state index contributed by atoms with van der Waals surface area (Å²) >= 11 is 0. The van der Waals surface area contributed by atoms with Crippen LogP contribution in [0.25, 0.3) is 73.2 Å². The Bertz CT molecular complexity index is 3240. The first kappa shape index (κ1) is 34.7. The molecule has 1 aliphatic heterocycles. The fraction of sp³-hybridized carbons (Fsp3) is 0.0600. The molecule has 2 unspecified atom stereocenters. The molecular weight excluding hydrogens is 759 g/mol. The van der Waals surface area contributed by atoms with Gasteiger partial charge in [-0.15, -0.1) is 20.4 Å². The third kappa shape index (κ3) is 6.18. The van der Waals surface area contributed by atoms with Crippen LogP contribution in [-0.2, 0) is 6.42 Å². The van der Waals surface area contributed by atoms with E-state index in [2.05, 4.69) is 120 Å². The molecule has 61 heavy (non-hydrogen) atoms. The van der Waals surface area contributed by atoms with Crippen molar-refractivity contribution in [3.63, 3.8) is 0 Å². The van der Waals surface area contributed by atoms with Crippen molar-refractivity contribution < 1.29 is 9.15 Å². The summed E-state index contributed by atoms with van der Waals surface area (Å²) in [5.74, 6) is 3.65. The van der Waals surface area contributed by atoms with Gasteiger partial charge in [-0.05, 0) is 126 Å². The van der Waals surface area contributed by atoms with Crippen molar-refractivity contribution in [1.29, 1.82) is 0 Å². The number of nitrogens with zero attached hydrogens (tertiary/aromatic N) is 9. The van der Waals surface area contributed by atoms with E-state index in [1.807, 2.05) is 76.0 Å². The van der Waals surface area contributed by atoms with E-state index in [4.69, 9.17) is 9.15 Å². The van der Waals surface area contributed by atoms with Crippen LogP contribution in [0.5, 0.6) is 5.75 Å². The van der Waals surface area contributed by atoms with Crippen LogP contribution in [0.2, 0.25) is 0 Å². The molecule has 0 bridgehead atoms. The molecule has 0 saturated heterocycles. The number of furan rings is 1. The normalized spacial score (nSPS) is 15.4. The van der Waals surface area contributed by atoms with Gasteiger partial charge in [0.2, 0.25) is 0 Å². The van der Waals surface area contributed by atoms with E-state index in [1.165, 1.54) is 16.7 Å². The molecular formula is C50H33N9O2. The van der Waals surface area contributed by atoms with E-state index in [1.54, 1.807) is 25.0 Å². The number of hydrogen-bond acceptors (Lipinski definition) is 9. The summed E-state index contributed by atoms with van der Waals surface area (Å²) in [7, 11) is 0. The Morgan fingerprint density at radius 2 is 1.20 bits per heavy atom. The van der Waals surface area contributed by atoms with Crippen LogP contribution in [0.15, 0.2) is 181 Å². The summed E-state index contributed by atoms with van der Waals surface area (Å²) in [6, 6.07) is 43.2. The lowest BCUT2D eigenvalue weighted by Crippen LogP contribution is -2.17. The Morgan fingerprint density at radius 1 is 0.557 bits per heavy atom. The van der Waals surface area contributed by atoms with E-state index in [0.717, 1.165) is 67.6 Å². The lowest BCUT2D eigenvalue weighted by molar-refractivity contribution is 0.269. The quantitative estimate of drug-likeness (QED) is 0.148. The zero-order valence-electron chi connectivity index (χ0n) is 32.4. The molecule has 0 spiro atoms. The first-order valence-corrected chi connectivity index (χ1v) is 20.0. The maximum atomic E-state index is 6.53. The Balaban J connectivity index is 0.906. The predicted molar refractivity (Wildman–Crippen MR) is 233 cm³/mol. The monoisotopic (exact) mass is 791 g/mol. The molecule has 0 N–H and O–H groups in total. The number of pyridine rings is 3. The number of hydrogen-bond donors (Lipinski definition) is 0. The van der Waals surface area contributed by atoms with Crippen molar-refractivity contribution in [2.24, 2.45) is 0 Å². The van der Waals surface area contributed by atoms with E-state index < -0.39 is 0 Å². The number of ether oxygens (including phenoxy) is 1. The van der Waals surface area contributed by atoms with Crippen LogP contribution in [0.3, 0.4) is 0 Å². The molecule has 2 atom stereocenters. The maximum Gasteiger partial charge on any atom is 0.169 e. The van der Waals surface area contributed by atoms with Gasteiger partial charge >= 0.3 is 0 Å². The molecule has 11 nitrogen and oxygen atoms in total. The van der Waals surface area contributed by atoms with Gasteiger partial charge < -0.3 is 9.15 Å². The van der Waals surface area contributed by atoms with Crippen LogP contribution < -0.4 is 4.74 Å². The third-order valence-electron chi connectivity index (χ3n) is 11.4. The second kappa shape index (κ2) is 14.2. The first-order chi connectivity index (χ1) is 30.2. The lowest BCUT2D eigenvalue weighted by atomic mass is 9.85. The van der Waals surface area contributed by atoms with Crippen LogP contribution in [0, 0.1) is 0 Å². The van der Waals surface area contributed by atoms with Crippen LogP contribution in [0.4, 0.5) is 0 Å². The Kier molecular flexibility index (Phi) is 8.08. The van der Waals surface area contributed by atoms with Gasteiger partial charge in [0.15, 0.2) is 11.6 Å². The van der Waals surface area contributed by atoms with Gasteiger partial charge in [-0.25, -0.2) is 9.97 Å². The maximum absolute atomic E-state index is 6.53. The van der Waals surface area contributed by atoms with Gasteiger partial charge in [-0.1, -0.05) is 48.6 Å². The summed E-state index contributed by atoms with van der Waals surface area (Å²) in [6.45, 7) is 0. The number of rotatable bonds is 8. The average molecular weight is 792 g/mol. The van der Waals surface area contributed by atoms with E-state index >= 15 is 0 Å². The highest BCUT2D eigenvalue weighted by atomic mass is 16.5. The molecule has 0 saturated carbocycles. The van der Waals surface area contributed by atoms with Gasteiger partial charge in [0.1, 0.15) is 47.3 Å². The van der Waals surface area contributed by atoms with Gasteiger partial charge in [0.25, 0.3) is 0 Å². The molecule has 0 fully saturated rings. The smallest absolute Gasteiger partial charge is 0.169 e. The fourth-order valence-corrected chi connectivity index (χ4v) is 8.56. The minimum absolute atomic E-state index is 0.0155. The van der Waals surface area contributed by atoms with Crippen molar-refractivity contribution in [2.75, 3.05) is 0 Å². The summed E-state index contributed by atoms with van der Waals surface area (Å²) in [4.78, 5) is 13.7. The summed E-state index contributed by atoms with van der Waals surface area (Å²) in [5.41, 5.74) is 11.1. The van der Waals surface area contributed by atoms with Crippen molar-refractivity contribution in [1.82, 2.24) is 44.5 Å². The average Bonchev–Trinajstić information content (AvgIpc) is 4.15. The van der Waals surface area contributed by atoms with Crippen molar-refractivity contribution in [3.05, 3.63) is 199 Å². The Hall–Kier alpha value is -8.31. The van der Waals surface area contributed by atoms with Gasteiger partial charge in [-0.2, -0.15) is 0 Å². The largest absolute Gasteiger partial charge is 0.485 e. The zero-order valence-corrected chi connectivity index (χ0v) is 32.4. The van der Waals surface area contributed by atoms with Crippen LogP contribution >= 0.6 is 0 Å². The van der Waals surface area contributed by atoms with E-state index in [9.17, 15) is 0 Å². The van der Waals surface area contributed by atoms with Crippen molar-refractivity contribution >= 4 is 27.5 Å². The lowest BCUT2D eigenvalue weighted by Gasteiger charge is -2.20. The molecule has 0 radical (unpaired) electrons. The minimum atomic E-state index is -0.113. The fourth-order valence-electron chi connectivity index (χ4n) is 8.56. The standard InChI is InChI=1S/C50H33N9O2/c1-4-18-51-42(7-1)34-13-17-46-41(28-34)39-23-32(11-15-44(39)61-46)21-31-10-14-43-38(22-31)40-27-33(12-16-45(40)60-43)35-24-36(49-56-54-29-58(49)47-8-2-5-19-52-47)26-37(25-35)50-57-55-30-59(50)48-9-3-6-20-53-48/h1-20,22-30,40,45H,21H2. The molecule has 1 aliphatic carbocycles. The van der Waals surface area contributed by atoms with Gasteiger partial charge in [0.05, 0.1) is 5.69 Å². The molecule has 10 aromatic rings. The molecule has 4 aromatic carbocycles. The van der Waals surface area contributed by atoms with Crippen LogP contribution in [-0.4, -0.2) is 50.6 Å². The van der Waals surface area contributed by atoms with E-state index in [-0.39, 0.29) is 12.0 Å². The molecule has 12 rings (SSSR count). The van der Waals surface area contributed by atoms with Crippen molar-refractivity contribution in [2.45, 2.75) is 18.4 Å². The highest BCUT2D eigenvalue weighted by Gasteiger charge is 2.34. The first-order valence-electron chi connectivity index (χ1n) is 20.0. The second-order valence-corrected chi connectivity index (χ2v) is 15.2. The summed E-state index contributed by atoms with van der Waals surface area (Å²) in [5, 5.41) is 19.9. The molecule has 7 heterocycles. The van der Waals surface area contributed by atoms with Gasteiger partial charge in [0, 0.05) is 57.5 Å². The zero-order chi connectivity index (χ0) is 40.3. The molecule has 6 aromatic heterocycles. The van der Waals surface area contributed by atoms with Gasteiger partial charge in [-0.3, -0.25) is 14.1 Å². The topological polar surface area (TPSA) is 122 Å². The highest BCUT2D eigenvalue weighted by molar-refractivity contribution is 6.06. The molecule has 0 amide bonds. The van der Waals surface area contributed by atoms with Crippen LogP contribution in [0.1, 0.15) is 28.2 Å². The number of aromatic nitrogens is 9. The minimum Gasteiger partial charge on any atom is -0.485 e. The predicted octanol–water partition coefficient (Wildman–Crippen LogP) is 10.0. The summed E-state index contributed by atoms with van der Waals surface area (Å²) in [6.07, 6.45) is 16.0. The Labute approximate surface area is 349 Å². The number of fused-ring (bicyclic) bond motifs is 6. The second-order valence-electron chi connectivity index (χ2n) is 15.2. The van der Waals surface area contributed by atoms with E-state index in [0.29, 0.717) is 23.3 Å². The third-order valence-corrected chi connectivity index (χ3v) is 11.4. The number of benzene rings is 4. The summed E-state index contributed by atoms with van der Waals surface area (Å²) < 4.78 is 16.6.